The lowest BCUT2D eigenvalue weighted by Crippen LogP contribution is -2.55. The van der Waals surface area contributed by atoms with Crippen molar-refractivity contribution in [3.63, 3.8) is 0 Å². The van der Waals surface area contributed by atoms with Gasteiger partial charge in [0.15, 0.2) is 9.84 Å². The molecule has 2 aliphatic rings. The number of likely N-dealkylation sites (tertiary alicyclic amines) is 1. The number of amides is 2. The van der Waals surface area contributed by atoms with E-state index in [4.69, 9.17) is 0 Å². The van der Waals surface area contributed by atoms with Crippen LogP contribution in [0.5, 0.6) is 0 Å². The maximum Gasteiger partial charge on any atom is 0.419 e. The molecule has 1 aliphatic carbocycles. The van der Waals surface area contributed by atoms with Gasteiger partial charge in [-0.15, -0.1) is 0 Å². The molecule has 13 heteroatoms. The number of nitrogens with zero attached hydrogens (tertiary/aromatic N) is 1. The second-order valence-corrected chi connectivity index (χ2v) is 11.8. The van der Waals surface area contributed by atoms with Gasteiger partial charge in [0.25, 0.3) is 5.91 Å². The molecule has 206 valence electrons. The van der Waals surface area contributed by atoms with Crippen LogP contribution in [0.1, 0.15) is 47.2 Å². The largest absolute Gasteiger partial charge is 0.419 e. The third-order valence-corrected chi connectivity index (χ3v) is 8.22. The number of nitrogens with one attached hydrogen (secondary N) is 1. The molecule has 1 saturated heterocycles. The van der Waals surface area contributed by atoms with E-state index in [1.165, 1.54) is 29.2 Å². The van der Waals surface area contributed by atoms with E-state index in [1.54, 1.807) is 0 Å². The van der Waals surface area contributed by atoms with Crippen LogP contribution < -0.4 is 5.32 Å². The van der Waals surface area contributed by atoms with E-state index < -0.39 is 62.6 Å². The first-order valence-electron chi connectivity index (χ1n) is 11.8. The quantitative estimate of drug-likeness (QED) is 0.529. The minimum Gasteiger partial charge on any atom is -0.393 e. The highest BCUT2D eigenvalue weighted by molar-refractivity contribution is 7.90. The summed E-state index contributed by atoms with van der Waals surface area (Å²) in [6.07, 6.45) is -4.45. The van der Waals surface area contributed by atoms with Gasteiger partial charge in [-0.3, -0.25) is 9.59 Å². The first-order valence-corrected chi connectivity index (χ1v) is 13.7. The van der Waals surface area contributed by atoms with E-state index in [0.29, 0.717) is 18.9 Å². The lowest BCUT2D eigenvalue weighted by Gasteiger charge is -2.46. The minimum atomic E-state index is -5.09. The van der Waals surface area contributed by atoms with Gasteiger partial charge in [0.05, 0.1) is 16.6 Å². The number of carbonyl (C=O) groups excluding carboxylic acids is 2. The fraction of sp³-hybridized carbons (Fsp3) is 0.440. The standard InChI is InChI=1S/C25H25F5N2O5S/c1-38(36,37)16-5-2-4-14(8-16)23(35)32-7-3-6-21(32)22(34)31-13-24(11-15(33)12-24)17-9-20(27)18(10-19(17)26)25(28,29)30/h2,4-5,8-10,15,21,33H,3,6-7,11-13H2,1H3,(H,31,34)/t15?,21-,24?/m1/s1. The van der Waals surface area contributed by atoms with Gasteiger partial charge < -0.3 is 15.3 Å². The molecule has 0 bridgehead atoms. The summed E-state index contributed by atoms with van der Waals surface area (Å²) in [4.78, 5) is 27.4. The van der Waals surface area contributed by atoms with Crippen molar-refractivity contribution >= 4 is 21.7 Å². The van der Waals surface area contributed by atoms with Crippen molar-refractivity contribution in [2.45, 2.75) is 54.3 Å². The van der Waals surface area contributed by atoms with Gasteiger partial charge in [0.2, 0.25) is 5.91 Å². The van der Waals surface area contributed by atoms with Gasteiger partial charge in [-0.05, 0) is 61.6 Å². The van der Waals surface area contributed by atoms with Crippen molar-refractivity contribution in [3.8, 4) is 0 Å². The van der Waals surface area contributed by atoms with Crippen molar-refractivity contribution in [3.05, 3.63) is 64.7 Å². The summed E-state index contributed by atoms with van der Waals surface area (Å²) in [6, 6.07) is 5.00. The minimum absolute atomic E-state index is 0.0557. The number of aliphatic hydroxyl groups is 1. The molecule has 1 aliphatic heterocycles. The SMILES string of the molecule is CS(=O)(=O)c1cccc(C(=O)N2CCC[C@@H]2C(=O)NCC2(c3cc(F)c(C(F)(F)F)cc3F)CC(O)C2)c1. The Morgan fingerprint density at radius 1 is 1.13 bits per heavy atom. The van der Waals surface area contributed by atoms with E-state index >= 15 is 0 Å². The molecule has 4 rings (SSSR count). The molecule has 2 aromatic rings. The van der Waals surface area contributed by atoms with Crippen molar-refractivity contribution in [1.29, 1.82) is 0 Å². The third-order valence-electron chi connectivity index (χ3n) is 7.11. The fourth-order valence-corrected chi connectivity index (χ4v) is 5.82. The first kappa shape index (κ1) is 28.0. The molecule has 2 aromatic carbocycles. The normalized spacial score (nSPS) is 23.7. The van der Waals surface area contributed by atoms with Crippen LogP contribution in [-0.2, 0) is 26.2 Å². The zero-order valence-corrected chi connectivity index (χ0v) is 21.0. The van der Waals surface area contributed by atoms with E-state index in [2.05, 4.69) is 5.32 Å². The molecule has 2 fully saturated rings. The highest BCUT2D eigenvalue weighted by Gasteiger charge is 2.48. The number of halogens is 5. The van der Waals surface area contributed by atoms with Crippen LogP contribution in [0, 0.1) is 11.6 Å². The average Bonchev–Trinajstić information content (AvgIpc) is 3.30. The number of rotatable bonds is 6. The summed E-state index contributed by atoms with van der Waals surface area (Å²) in [5.74, 6) is -4.13. The smallest absolute Gasteiger partial charge is 0.393 e. The number of alkyl halides is 3. The Balaban J connectivity index is 1.52. The number of hydrogen-bond donors (Lipinski definition) is 2. The van der Waals surface area contributed by atoms with Crippen LogP contribution in [0.15, 0.2) is 41.3 Å². The molecule has 7 nitrogen and oxygen atoms in total. The zero-order valence-electron chi connectivity index (χ0n) is 20.2. The molecule has 1 heterocycles. The van der Waals surface area contributed by atoms with Crippen LogP contribution >= 0.6 is 0 Å². The maximum absolute atomic E-state index is 14.7. The zero-order chi connectivity index (χ0) is 28.0. The molecule has 0 radical (unpaired) electrons. The summed E-state index contributed by atoms with van der Waals surface area (Å²) >= 11 is 0. The summed E-state index contributed by atoms with van der Waals surface area (Å²) in [5.41, 5.74) is -3.39. The third kappa shape index (κ3) is 5.39. The Morgan fingerprint density at radius 2 is 1.82 bits per heavy atom. The van der Waals surface area contributed by atoms with Crippen LogP contribution in [0.3, 0.4) is 0 Å². The molecular formula is C25H25F5N2O5S. The van der Waals surface area contributed by atoms with Crippen LogP contribution in [0.4, 0.5) is 22.0 Å². The molecule has 1 saturated carbocycles. The van der Waals surface area contributed by atoms with Gasteiger partial charge >= 0.3 is 6.18 Å². The number of aliphatic hydroxyl groups excluding tert-OH is 1. The van der Waals surface area contributed by atoms with Crippen LogP contribution in [0.25, 0.3) is 0 Å². The number of sulfone groups is 1. The second kappa shape index (κ2) is 9.92. The van der Waals surface area contributed by atoms with E-state index in [0.717, 1.165) is 6.26 Å². The van der Waals surface area contributed by atoms with Gasteiger partial charge in [-0.2, -0.15) is 13.2 Å². The lowest BCUT2D eigenvalue weighted by atomic mass is 9.62. The van der Waals surface area contributed by atoms with Gasteiger partial charge in [-0.25, -0.2) is 17.2 Å². The lowest BCUT2D eigenvalue weighted by molar-refractivity contribution is -0.140. The van der Waals surface area contributed by atoms with Crippen molar-refractivity contribution < 1.29 is 45.1 Å². The second-order valence-electron chi connectivity index (χ2n) is 9.83. The van der Waals surface area contributed by atoms with Gasteiger partial charge in [0.1, 0.15) is 17.7 Å². The predicted molar refractivity (Wildman–Crippen MR) is 125 cm³/mol. The Bertz CT molecular complexity index is 1370. The van der Waals surface area contributed by atoms with Gasteiger partial charge in [0, 0.05) is 30.3 Å². The number of carbonyl (C=O) groups is 2. The highest BCUT2D eigenvalue weighted by Crippen LogP contribution is 2.46. The molecule has 0 spiro atoms. The molecule has 0 aromatic heterocycles. The summed E-state index contributed by atoms with van der Waals surface area (Å²) in [7, 11) is -3.57. The average molecular weight is 561 g/mol. The van der Waals surface area contributed by atoms with E-state index in [9.17, 15) is 45.1 Å². The molecular weight excluding hydrogens is 535 g/mol. The van der Waals surface area contributed by atoms with Crippen molar-refractivity contribution in [2.24, 2.45) is 0 Å². The molecule has 38 heavy (non-hydrogen) atoms. The summed E-state index contributed by atoms with van der Waals surface area (Å²) in [5, 5.41) is 12.5. The Labute approximate surface area is 215 Å². The van der Waals surface area contributed by atoms with Gasteiger partial charge in [-0.1, -0.05) is 6.07 Å². The van der Waals surface area contributed by atoms with Crippen molar-refractivity contribution in [2.75, 3.05) is 19.3 Å². The Hall–Kier alpha value is -3.06. The number of hydrogen-bond acceptors (Lipinski definition) is 5. The molecule has 2 amide bonds. The molecule has 0 unspecified atom stereocenters. The van der Waals surface area contributed by atoms with Crippen molar-refractivity contribution in [1.82, 2.24) is 10.2 Å². The Morgan fingerprint density at radius 3 is 2.42 bits per heavy atom. The fourth-order valence-electron chi connectivity index (χ4n) is 5.15. The monoisotopic (exact) mass is 560 g/mol. The van der Waals surface area contributed by atoms with E-state index in [-0.39, 0.29) is 48.0 Å². The maximum atomic E-state index is 14.7. The molecule has 2 N–H and O–H groups in total. The first-order chi connectivity index (χ1) is 17.6. The predicted octanol–water partition coefficient (Wildman–Crippen LogP) is 3.20. The van der Waals surface area contributed by atoms with Crippen LogP contribution in [-0.4, -0.2) is 61.7 Å². The Kier molecular flexibility index (Phi) is 7.30. The van der Waals surface area contributed by atoms with Crippen LogP contribution in [0.2, 0.25) is 0 Å². The molecule has 1 atom stereocenters. The summed E-state index contributed by atoms with van der Waals surface area (Å²) in [6.45, 7) is -0.0741. The summed E-state index contributed by atoms with van der Waals surface area (Å²) < 4.78 is 91.6. The highest BCUT2D eigenvalue weighted by atomic mass is 32.2. The number of benzene rings is 2. The van der Waals surface area contributed by atoms with E-state index in [1.807, 2.05) is 0 Å². The topological polar surface area (TPSA) is 104 Å².